The van der Waals surface area contributed by atoms with Gasteiger partial charge in [-0.15, -0.1) is 10.2 Å². The van der Waals surface area contributed by atoms with Crippen molar-refractivity contribution < 1.29 is 4.79 Å². The summed E-state index contributed by atoms with van der Waals surface area (Å²) >= 11 is 6.09. The average Bonchev–Trinajstić information content (AvgIpc) is 3.32. The van der Waals surface area contributed by atoms with Crippen LogP contribution in [0.25, 0.3) is 5.65 Å². The number of pyridine rings is 1. The molecule has 0 saturated heterocycles. The van der Waals surface area contributed by atoms with Crippen LogP contribution in [0.5, 0.6) is 0 Å². The summed E-state index contributed by atoms with van der Waals surface area (Å²) in [7, 11) is 0. The van der Waals surface area contributed by atoms with Crippen LogP contribution in [0.1, 0.15) is 44.7 Å². The summed E-state index contributed by atoms with van der Waals surface area (Å²) in [6, 6.07) is 9.26. The molecule has 140 valence electrons. The third-order valence-electron chi connectivity index (χ3n) is 5.26. The van der Waals surface area contributed by atoms with Gasteiger partial charge in [-0.1, -0.05) is 23.7 Å². The summed E-state index contributed by atoms with van der Waals surface area (Å²) in [5.41, 5.74) is 5.70. The largest absolute Gasteiger partial charge is 0.294 e. The van der Waals surface area contributed by atoms with Crippen LogP contribution < -0.4 is 4.90 Å². The molecular formula is C20H17ClN6O. The highest BCUT2D eigenvalue weighted by Gasteiger charge is 2.42. The number of aryl methyl sites for hydroxylation is 3. The first-order valence-corrected chi connectivity index (χ1v) is 9.29. The highest BCUT2D eigenvalue weighted by molar-refractivity contribution is 6.30. The molecule has 8 heteroatoms. The molecule has 1 amide bonds. The van der Waals surface area contributed by atoms with Gasteiger partial charge < -0.3 is 0 Å². The fourth-order valence-corrected chi connectivity index (χ4v) is 4.03. The standard InChI is InChI=1S/C20H17ClN6O/c1-10-8-15(9-26-12(3)23-25-19(10)26)27-18(13-4-6-14(21)7-5-13)16-11(2)22-24-17(16)20(27)28/h4-9,18H,1-3H3,(H,22,24). The fourth-order valence-electron chi connectivity index (χ4n) is 3.90. The molecule has 1 N–H and O–H groups in total. The lowest BCUT2D eigenvalue weighted by atomic mass is 9.99. The van der Waals surface area contributed by atoms with Gasteiger partial charge in [-0.05, 0) is 50.1 Å². The zero-order valence-corrected chi connectivity index (χ0v) is 16.3. The average molecular weight is 393 g/mol. The number of hydrogen-bond donors (Lipinski definition) is 1. The van der Waals surface area contributed by atoms with E-state index in [1.165, 1.54) is 0 Å². The van der Waals surface area contributed by atoms with Gasteiger partial charge >= 0.3 is 0 Å². The van der Waals surface area contributed by atoms with Crippen LogP contribution in [-0.4, -0.2) is 30.7 Å². The number of carbonyl (C=O) groups excluding carboxylic acids is 1. The van der Waals surface area contributed by atoms with Crippen LogP contribution in [0.15, 0.2) is 36.5 Å². The van der Waals surface area contributed by atoms with E-state index < -0.39 is 0 Å². The molecule has 0 fully saturated rings. The highest BCUT2D eigenvalue weighted by atomic mass is 35.5. The minimum atomic E-state index is -0.285. The minimum Gasteiger partial charge on any atom is -0.294 e. The normalized spacial score (nSPS) is 16.2. The molecule has 1 aliphatic rings. The Morgan fingerprint density at radius 2 is 1.86 bits per heavy atom. The molecule has 3 aromatic heterocycles. The van der Waals surface area contributed by atoms with Crippen LogP contribution in [0, 0.1) is 20.8 Å². The van der Waals surface area contributed by atoms with Gasteiger partial charge in [0.15, 0.2) is 11.3 Å². The van der Waals surface area contributed by atoms with E-state index >= 15 is 0 Å². The predicted molar refractivity (Wildman–Crippen MR) is 106 cm³/mol. The molecule has 0 radical (unpaired) electrons. The van der Waals surface area contributed by atoms with Crippen LogP contribution >= 0.6 is 11.6 Å². The summed E-state index contributed by atoms with van der Waals surface area (Å²) in [5.74, 6) is 0.632. The Bertz CT molecular complexity index is 1240. The number of nitrogens with zero attached hydrogens (tertiary/aromatic N) is 5. The number of anilines is 1. The summed E-state index contributed by atoms with van der Waals surface area (Å²) in [6.45, 7) is 5.79. The van der Waals surface area contributed by atoms with Gasteiger partial charge in [-0.3, -0.25) is 19.2 Å². The molecule has 0 spiro atoms. The number of H-pyrrole nitrogens is 1. The zero-order chi connectivity index (χ0) is 19.6. The van der Waals surface area contributed by atoms with Gasteiger partial charge in [-0.2, -0.15) is 5.10 Å². The van der Waals surface area contributed by atoms with E-state index in [-0.39, 0.29) is 11.9 Å². The van der Waals surface area contributed by atoms with Crippen molar-refractivity contribution in [1.82, 2.24) is 24.8 Å². The van der Waals surface area contributed by atoms with Gasteiger partial charge in [0.05, 0.1) is 11.7 Å². The van der Waals surface area contributed by atoms with E-state index in [1.807, 2.05) is 61.7 Å². The molecule has 28 heavy (non-hydrogen) atoms. The number of rotatable bonds is 2. The lowest BCUT2D eigenvalue weighted by molar-refractivity contribution is 0.0988. The van der Waals surface area contributed by atoms with Gasteiger partial charge in [0.1, 0.15) is 5.82 Å². The van der Waals surface area contributed by atoms with Crippen molar-refractivity contribution in [3.8, 4) is 0 Å². The van der Waals surface area contributed by atoms with Gasteiger partial charge in [-0.25, -0.2) is 0 Å². The molecule has 0 aliphatic carbocycles. The van der Waals surface area contributed by atoms with Crippen LogP contribution in [0.4, 0.5) is 5.69 Å². The Hall–Kier alpha value is -3.19. The Kier molecular flexibility index (Phi) is 3.57. The van der Waals surface area contributed by atoms with Crippen LogP contribution in [0.2, 0.25) is 5.02 Å². The van der Waals surface area contributed by atoms with Gasteiger partial charge in [0, 0.05) is 22.5 Å². The first-order chi connectivity index (χ1) is 13.5. The quantitative estimate of drug-likeness (QED) is 0.563. The Morgan fingerprint density at radius 1 is 1.11 bits per heavy atom. The SMILES string of the molecule is Cc1[nH]nc2c1C(c1ccc(Cl)cc1)N(c1cc(C)c3nnc(C)n3c1)C2=O. The minimum absolute atomic E-state index is 0.135. The van der Waals surface area contributed by atoms with Crippen molar-refractivity contribution in [2.75, 3.05) is 4.90 Å². The van der Waals surface area contributed by atoms with Crippen molar-refractivity contribution in [3.05, 3.63) is 75.5 Å². The summed E-state index contributed by atoms with van der Waals surface area (Å²) in [5, 5.41) is 16.2. The number of benzene rings is 1. The third-order valence-corrected chi connectivity index (χ3v) is 5.51. The second-order valence-corrected chi connectivity index (χ2v) is 7.50. The Labute approximate surface area is 166 Å². The number of nitrogens with one attached hydrogen (secondary N) is 1. The van der Waals surface area contributed by atoms with Crippen molar-refractivity contribution >= 4 is 28.8 Å². The molecule has 7 nitrogen and oxygen atoms in total. The van der Waals surface area contributed by atoms with E-state index in [1.54, 1.807) is 4.90 Å². The summed E-state index contributed by atoms with van der Waals surface area (Å²) < 4.78 is 1.91. The number of hydrogen-bond acceptors (Lipinski definition) is 4. The molecule has 5 rings (SSSR count). The van der Waals surface area contributed by atoms with Gasteiger partial charge in [0.2, 0.25) is 0 Å². The molecule has 4 aromatic rings. The number of aromatic amines is 1. The number of halogens is 1. The molecule has 1 unspecified atom stereocenters. The number of carbonyl (C=O) groups is 1. The maximum atomic E-state index is 13.3. The van der Waals surface area contributed by atoms with Gasteiger partial charge in [0.25, 0.3) is 5.91 Å². The molecule has 0 bridgehead atoms. The maximum Gasteiger partial charge on any atom is 0.280 e. The number of aromatic nitrogens is 5. The number of fused-ring (bicyclic) bond motifs is 2. The second-order valence-electron chi connectivity index (χ2n) is 7.06. The first kappa shape index (κ1) is 16.9. The Morgan fingerprint density at radius 3 is 2.61 bits per heavy atom. The van der Waals surface area contributed by atoms with E-state index in [0.717, 1.165) is 39.5 Å². The molecule has 0 saturated carbocycles. The maximum absolute atomic E-state index is 13.3. The smallest absolute Gasteiger partial charge is 0.280 e. The van der Waals surface area contributed by atoms with E-state index in [2.05, 4.69) is 20.4 Å². The lowest BCUT2D eigenvalue weighted by Crippen LogP contribution is -2.29. The second kappa shape index (κ2) is 5.90. The molecule has 1 aliphatic heterocycles. The van der Waals surface area contributed by atoms with E-state index in [9.17, 15) is 4.79 Å². The predicted octanol–water partition coefficient (Wildman–Crippen LogP) is 3.78. The molecule has 1 aromatic carbocycles. The molecule has 4 heterocycles. The van der Waals surface area contributed by atoms with E-state index in [4.69, 9.17) is 11.6 Å². The lowest BCUT2D eigenvalue weighted by Gasteiger charge is -2.26. The topological polar surface area (TPSA) is 79.2 Å². The summed E-state index contributed by atoms with van der Waals surface area (Å²) in [4.78, 5) is 15.1. The fraction of sp³-hybridized carbons (Fsp3) is 0.200. The van der Waals surface area contributed by atoms with Crippen molar-refractivity contribution in [2.45, 2.75) is 26.8 Å². The molecule has 1 atom stereocenters. The van der Waals surface area contributed by atoms with Crippen molar-refractivity contribution in [1.29, 1.82) is 0 Å². The third kappa shape index (κ3) is 2.29. The van der Waals surface area contributed by atoms with Crippen molar-refractivity contribution in [3.63, 3.8) is 0 Å². The van der Waals surface area contributed by atoms with Crippen LogP contribution in [-0.2, 0) is 0 Å². The molecular weight excluding hydrogens is 376 g/mol. The van der Waals surface area contributed by atoms with E-state index in [0.29, 0.717) is 10.7 Å². The highest BCUT2D eigenvalue weighted by Crippen LogP contribution is 2.42. The zero-order valence-electron chi connectivity index (χ0n) is 15.6. The van der Waals surface area contributed by atoms with Crippen molar-refractivity contribution in [2.24, 2.45) is 0 Å². The number of amides is 1. The Balaban J connectivity index is 1.74. The first-order valence-electron chi connectivity index (χ1n) is 8.91. The van der Waals surface area contributed by atoms with Crippen LogP contribution in [0.3, 0.4) is 0 Å². The summed E-state index contributed by atoms with van der Waals surface area (Å²) in [6.07, 6.45) is 1.91. The monoisotopic (exact) mass is 392 g/mol.